The normalized spacial score (nSPS) is 11.3. The van der Waals surface area contributed by atoms with Crippen LogP contribution in [-0.2, 0) is 11.0 Å². The summed E-state index contributed by atoms with van der Waals surface area (Å²) in [6, 6.07) is 6.33. The molecular formula is C15H14F3N3O3. The van der Waals surface area contributed by atoms with Crippen LogP contribution in [0.25, 0.3) is 5.69 Å². The number of carbonyl (C=O) groups is 2. The Morgan fingerprint density at radius 3 is 2.54 bits per heavy atom. The predicted molar refractivity (Wildman–Crippen MR) is 77.9 cm³/mol. The number of amides is 1. The molecule has 0 spiro atoms. The molecule has 0 aliphatic carbocycles. The molecule has 1 aromatic carbocycles. The number of hydrogen-bond acceptors (Lipinski definition) is 3. The van der Waals surface area contributed by atoms with Gasteiger partial charge in [-0.1, -0.05) is 18.2 Å². The number of aromatic nitrogens is 2. The maximum atomic E-state index is 13.4. The maximum absolute atomic E-state index is 13.4. The van der Waals surface area contributed by atoms with E-state index in [4.69, 9.17) is 5.11 Å². The van der Waals surface area contributed by atoms with Crippen LogP contribution in [0.1, 0.15) is 28.0 Å². The molecule has 0 unspecified atom stereocenters. The van der Waals surface area contributed by atoms with Crippen molar-refractivity contribution < 1.29 is 27.9 Å². The van der Waals surface area contributed by atoms with E-state index in [1.165, 1.54) is 6.07 Å². The summed E-state index contributed by atoms with van der Waals surface area (Å²) in [7, 11) is 0. The van der Waals surface area contributed by atoms with Crippen molar-refractivity contribution in [2.45, 2.75) is 19.5 Å². The van der Waals surface area contributed by atoms with Crippen LogP contribution in [0.4, 0.5) is 13.2 Å². The Morgan fingerprint density at radius 1 is 1.29 bits per heavy atom. The number of aliphatic carboxylic acids is 1. The van der Waals surface area contributed by atoms with Crippen molar-refractivity contribution >= 4 is 11.9 Å². The summed E-state index contributed by atoms with van der Waals surface area (Å²) in [4.78, 5) is 22.4. The van der Waals surface area contributed by atoms with Crippen LogP contribution in [-0.4, -0.2) is 33.3 Å². The molecule has 0 atom stereocenters. The van der Waals surface area contributed by atoms with Crippen LogP contribution < -0.4 is 5.32 Å². The smallest absolute Gasteiger partial charge is 0.434 e. The van der Waals surface area contributed by atoms with Gasteiger partial charge in [-0.2, -0.15) is 18.3 Å². The number of carboxylic acid groups (broad SMARTS) is 1. The lowest BCUT2D eigenvalue weighted by Gasteiger charge is -2.14. The van der Waals surface area contributed by atoms with Crippen LogP contribution in [0.2, 0.25) is 0 Å². The Bertz CT molecular complexity index is 769. The number of nitrogens with one attached hydrogen (secondary N) is 1. The highest BCUT2D eigenvalue weighted by Crippen LogP contribution is 2.34. The van der Waals surface area contributed by atoms with Gasteiger partial charge < -0.3 is 10.4 Å². The van der Waals surface area contributed by atoms with Gasteiger partial charge >= 0.3 is 12.1 Å². The zero-order valence-electron chi connectivity index (χ0n) is 12.6. The average Bonchev–Trinajstić information content (AvgIpc) is 2.92. The van der Waals surface area contributed by atoms with Crippen molar-refractivity contribution in [3.05, 3.63) is 47.3 Å². The highest BCUT2D eigenvalue weighted by molar-refractivity contribution is 5.95. The summed E-state index contributed by atoms with van der Waals surface area (Å²) in [5.41, 5.74) is -1.10. The first kappa shape index (κ1) is 17.5. The average molecular weight is 341 g/mol. The molecule has 6 nitrogen and oxygen atoms in total. The Kier molecular flexibility index (Phi) is 4.91. The largest absolute Gasteiger partial charge is 0.481 e. The van der Waals surface area contributed by atoms with Crippen molar-refractivity contribution in [2.75, 3.05) is 6.54 Å². The first-order valence-electron chi connectivity index (χ1n) is 6.93. The van der Waals surface area contributed by atoms with Crippen LogP contribution in [0.5, 0.6) is 0 Å². The lowest BCUT2D eigenvalue weighted by molar-refractivity contribution is -0.143. The van der Waals surface area contributed by atoms with E-state index in [1.807, 2.05) is 0 Å². The summed E-state index contributed by atoms with van der Waals surface area (Å²) >= 11 is 0. The number of halogens is 3. The molecule has 24 heavy (non-hydrogen) atoms. The summed E-state index contributed by atoms with van der Waals surface area (Å²) in [5.74, 6) is -2.19. The number of aryl methyl sites for hydroxylation is 1. The number of rotatable bonds is 5. The first-order chi connectivity index (χ1) is 11.2. The Hall–Kier alpha value is -2.84. The van der Waals surface area contributed by atoms with Gasteiger partial charge in [0.05, 0.1) is 23.9 Å². The first-order valence-corrected chi connectivity index (χ1v) is 6.93. The van der Waals surface area contributed by atoms with E-state index in [1.54, 1.807) is 25.1 Å². The summed E-state index contributed by atoms with van der Waals surface area (Å²) in [6.07, 6.45) is -4.37. The fraction of sp³-hybridized carbons (Fsp3) is 0.267. The number of para-hydroxylation sites is 1. The highest BCUT2D eigenvalue weighted by atomic mass is 19.4. The van der Waals surface area contributed by atoms with E-state index in [2.05, 4.69) is 10.4 Å². The van der Waals surface area contributed by atoms with Crippen molar-refractivity contribution in [1.82, 2.24) is 15.1 Å². The summed E-state index contributed by atoms with van der Waals surface area (Å²) in [6.45, 7) is 1.35. The molecule has 1 heterocycles. The van der Waals surface area contributed by atoms with Gasteiger partial charge in [0, 0.05) is 6.54 Å². The molecule has 1 aromatic heterocycles. The molecular weight excluding hydrogens is 327 g/mol. The predicted octanol–water partition coefficient (Wildman–Crippen LogP) is 2.40. The van der Waals surface area contributed by atoms with E-state index < -0.39 is 29.3 Å². The van der Waals surface area contributed by atoms with Gasteiger partial charge in [-0.15, -0.1) is 0 Å². The molecule has 0 aliphatic heterocycles. The van der Waals surface area contributed by atoms with Gasteiger partial charge in [0.15, 0.2) is 5.69 Å². The van der Waals surface area contributed by atoms with Crippen LogP contribution in [0, 0.1) is 6.92 Å². The van der Waals surface area contributed by atoms with Gasteiger partial charge in [-0.05, 0) is 18.6 Å². The quantitative estimate of drug-likeness (QED) is 0.875. The molecule has 0 bridgehead atoms. The standard InChI is InChI=1S/C15H14F3N3O3/c1-9-4-2-3-5-11(9)21-13(15(16,17)18)10(8-20-21)14(24)19-7-6-12(22)23/h2-5,8H,6-7H2,1H3,(H,19,24)(H,22,23). The van der Waals surface area contributed by atoms with Crippen LogP contribution >= 0.6 is 0 Å². The Morgan fingerprint density at radius 2 is 1.96 bits per heavy atom. The van der Waals surface area contributed by atoms with E-state index >= 15 is 0 Å². The Labute approximate surface area is 134 Å². The van der Waals surface area contributed by atoms with Gasteiger partial charge in [-0.3, -0.25) is 9.59 Å². The molecule has 0 saturated carbocycles. The van der Waals surface area contributed by atoms with E-state index in [9.17, 15) is 22.8 Å². The lowest BCUT2D eigenvalue weighted by atomic mass is 10.1. The van der Waals surface area contributed by atoms with E-state index in [0.29, 0.717) is 10.2 Å². The fourth-order valence-corrected chi connectivity index (χ4v) is 2.15. The van der Waals surface area contributed by atoms with Gasteiger partial charge in [0.25, 0.3) is 5.91 Å². The molecule has 0 fully saturated rings. The number of hydrogen-bond donors (Lipinski definition) is 2. The summed E-state index contributed by atoms with van der Waals surface area (Å²) in [5, 5.41) is 14.4. The minimum Gasteiger partial charge on any atom is -0.481 e. The molecule has 128 valence electrons. The van der Waals surface area contributed by atoms with Crippen LogP contribution in [0.15, 0.2) is 30.5 Å². The number of nitrogens with zero attached hydrogens (tertiary/aromatic N) is 2. The molecule has 2 N–H and O–H groups in total. The third-order valence-corrected chi connectivity index (χ3v) is 3.25. The minimum absolute atomic E-state index is 0.203. The molecule has 0 saturated heterocycles. The number of carboxylic acids is 1. The molecule has 9 heteroatoms. The van der Waals surface area contributed by atoms with Gasteiger partial charge in [0.1, 0.15) is 0 Å². The molecule has 1 amide bonds. The van der Waals surface area contributed by atoms with E-state index in [-0.39, 0.29) is 18.7 Å². The van der Waals surface area contributed by atoms with Gasteiger partial charge in [0.2, 0.25) is 0 Å². The topological polar surface area (TPSA) is 84.2 Å². The summed E-state index contributed by atoms with van der Waals surface area (Å²) < 4.78 is 41.0. The third-order valence-electron chi connectivity index (χ3n) is 3.25. The second-order valence-electron chi connectivity index (χ2n) is 5.00. The van der Waals surface area contributed by atoms with Crippen molar-refractivity contribution in [3.8, 4) is 5.69 Å². The van der Waals surface area contributed by atoms with Gasteiger partial charge in [-0.25, -0.2) is 4.68 Å². The minimum atomic E-state index is -4.81. The molecule has 2 rings (SSSR count). The highest BCUT2D eigenvalue weighted by Gasteiger charge is 2.40. The zero-order chi connectivity index (χ0) is 17.9. The van der Waals surface area contributed by atoms with Crippen LogP contribution in [0.3, 0.4) is 0 Å². The van der Waals surface area contributed by atoms with Crippen molar-refractivity contribution in [2.24, 2.45) is 0 Å². The number of alkyl halides is 3. The molecule has 0 radical (unpaired) electrons. The SMILES string of the molecule is Cc1ccccc1-n1ncc(C(=O)NCCC(=O)O)c1C(F)(F)F. The fourth-order valence-electron chi connectivity index (χ4n) is 2.15. The number of carbonyl (C=O) groups excluding carboxylic acids is 1. The number of benzene rings is 1. The van der Waals surface area contributed by atoms with E-state index in [0.717, 1.165) is 6.20 Å². The second kappa shape index (κ2) is 6.73. The lowest BCUT2D eigenvalue weighted by Crippen LogP contribution is -2.28. The Balaban J connectivity index is 2.42. The van der Waals surface area contributed by atoms with Crippen molar-refractivity contribution in [1.29, 1.82) is 0 Å². The monoisotopic (exact) mass is 341 g/mol. The second-order valence-corrected chi connectivity index (χ2v) is 5.00. The zero-order valence-corrected chi connectivity index (χ0v) is 12.6. The third kappa shape index (κ3) is 3.73. The molecule has 0 aliphatic rings. The maximum Gasteiger partial charge on any atom is 0.434 e. The molecule has 2 aromatic rings. The van der Waals surface area contributed by atoms with Crippen molar-refractivity contribution in [3.63, 3.8) is 0 Å².